The molecule has 1 heterocycles. The Morgan fingerprint density at radius 2 is 1.88 bits per heavy atom. The molecule has 3 atom stereocenters. The molecule has 1 amide bonds. The van der Waals surface area contributed by atoms with E-state index in [1.54, 1.807) is 18.7 Å². The lowest BCUT2D eigenvalue weighted by Gasteiger charge is -2.45. The van der Waals surface area contributed by atoms with Crippen molar-refractivity contribution >= 4 is 29.6 Å². The van der Waals surface area contributed by atoms with Gasteiger partial charge in [0.25, 0.3) is 0 Å². The third-order valence-corrected chi connectivity index (χ3v) is 7.26. The number of thioether (sulfide) groups is 1. The van der Waals surface area contributed by atoms with Gasteiger partial charge in [-0.05, 0) is 31.7 Å². The Hall–Kier alpha value is -2.06. The number of nitrogens with zero attached hydrogens (tertiary/aromatic N) is 1. The average Bonchev–Trinajstić information content (AvgIpc) is 2.79. The average molecular weight is 465 g/mol. The lowest BCUT2D eigenvalue weighted by Crippen LogP contribution is -2.65. The minimum absolute atomic E-state index is 0.339. The minimum Gasteiger partial charge on any atom is -0.480 e. The van der Waals surface area contributed by atoms with Gasteiger partial charge in [0.1, 0.15) is 11.6 Å². The molecule has 7 nitrogen and oxygen atoms in total. The third kappa shape index (κ3) is 6.97. The first-order valence-electron chi connectivity index (χ1n) is 11.5. The number of benzene rings is 1. The molecule has 1 aliphatic rings. The van der Waals surface area contributed by atoms with Gasteiger partial charge in [0.15, 0.2) is 0 Å². The van der Waals surface area contributed by atoms with Crippen LogP contribution in [-0.4, -0.2) is 68.6 Å². The summed E-state index contributed by atoms with van der Waals surface area (Å²) in [4.78, 5) is 39.0. The molecule has 1 saturated heterocycles. The number of carbonyl (C=O) groups is 3. The maximum Gasteiger partial charge on any atom is 0.330 e. The molecule has 0 aliphatic carbocycles. The zero-order valence-electron chi connectivity index (χ0n) is 19.1. The molecule has 1 aromatic rings. The van der Waals surface area contributed by atoms with Crippen LogP contribution in [-0.2, 0) is 20.8 Å². The first kappa shape index (κ1) is 26.2. The maximum absolute atomic E-state index is 13.3. The summed E-state index contributed by atoms with van der Waals surface area (Å²) in [6.45, 7) is 4.09. The highest BCUT2D eigenvalue weighted by Gasteiger charge is 2.49. The summed E-state index contributed by atoms with van der Waals surface area (Å²) >= 11 is 1.56. The summed E-state index contributed by atoms with van der Waals surface area (Å²) < 4.78 is 0. The number of carboxylic acid groups (broad SMARTS) is 2. The number of carbonyl (C=O) groups excluding carboxylic acids is 1. The van der Waals surface area contributed by atoms with Crippen molar-refractivity contribution in [2.75, 3.05) is 18.1 Å². The van der Waals surface area contributed by atoms with Gasteiger partial charge >= 0.3 is 11.9 Å². The number of hydrogen-bond acceptors (Lipinski definition) is 5. The quantitative estimate of drug-likeness (QED) is 0.384. The van der Waals surface area contributed by atoms with Crippen LogP contribution >= 0.6 is 11.8 Å². The first-order chi connectivity index (χ1) is 15.3. The van der Waals surface area contributed by atoms with E-state index in [0.717, 1.165) is 31.2 Å². The Bertz CT molecular complexity index is 760. The monoisotopic (exact) mass is 464 g/mol. The number of unbranched alkanes of at least 4 members (excludes halogenated alkanes) is 3. The summed E-state index contributed by atoms with van der Waals surface area (Å²) in [5, 5.41) is 22.7. The van der Waals surface area contributed by atoms with Crippen molar-refractivity contribution in [3.63, 3.8) is 0 Å². The SMILES string of the molecule is CCCCCCC1(C(=O)O)CSCCN1C(=O)[C@H](C)NC(CCc1ccccc1)C(=O)O. The first-order valence-corrected chi connectivity index (χ1v) is 12.6. The Balaban J connectivity index is 2.08. The van der Waals surface area contributed by atoms with Crippen LogP contribution < -0.4 is 5.32 Å². The van der Waals surface area contributed by atoms with Crippen LogP contribution in [0.1, 0.15) is 57.9 Å². The molecule has 1 aromatic carbocycles. The number of nitrogens with one attached hydrogen (secondary N) is 1. The van der Waals surface area contributed by atoms with Crippen LogP contribution in [0.15, 0.2) is 30.3 Å². The Morgan fingerprint density at radius 1 is 1.16 bits per heavy atom. The molecule has 1 aliphatic heterocycles. The highest BCUT2D eigenvalue weighted by molar-refractivity contribution is 7.99. The van der Waals surface area contributed by atoms with Crippen molar-refractivity contribution in [3.05, 3.63) is 35.9 Å². The predicted molar refractivity (Wildman–Crippen MR) is 127 cm³/mol. The molecule has 2 unspecified atom stereocenters. The summed E-state index contributed by atoms with van der Waals surface area (Å²) in [6.07, 6.45) is 5.11. The van der Waals surface area contributed by atoms with E-state index in [1.807, 2.05) is 30.3 Å². The molecule has 1 fully saturated rings. The zero-order valence-corrected chi connectivity index (χ0v) is 19.9. The molecule has 0 saturated carbocycles. The highest BCUT2D eigenvalue weighted by atomic mass is 32.2. The van der Waals surface area contributed by atoms with Crippen LogP contribution in [0.2, 0.25) is 0 Å². The van der Waals surface area contributed by atoms with Crippen molar-refractivity contribution in [3.8, 4) is 0 Å². The van der Waals surface area contributed by atoms with E-state index in [0.29, 0.717) is 37.3 Å². The highest BCUT2D eigenvalue weighted by Crippen LogP contribution is 2.33. The topological polar surface area (TPSA) is 107 Å². The molecule has 32 heavy (non-hydrogen) atoms. The molecule has 0 aromatic heterocycles. The normalized spacial score (nSPS) is 20.5. The van der Waals surface area contributed by atoms with Gasteiger partial charge in [0.2, 0.25) is 5.91 Å². The minimum atomic E-state index is -1.23. The summed E-state index contributed by atoms with van der Waals surface area (Å²) in [7, 11) is 0. The second kappa shape index (κ2) is 12.8. The van der Waals surface area contributed by atoms with Gasteiger partial charge in [0.05, 0.1) is 6.04 Å². The van der Waals surface area contributed by atoms with Gasteiger partial charge in [-0.2, -0.15) is 11.8 Å². The van der Waals surface area contributed by atoms with E-state index in [1.165, 1.54) is 4.90 Å². The van der Waals surface area contributed by atoms with Gasteiger partial charge in [-0.25, -0.2) is 4.79 Å². The maximum atomic E-state index is 13.3. The standard InChI is InChI=1S/C24H36N2O5S/c1-3-4-5-9-14-24(23(30)31)17-32-16-15-26(24)21(27)18(2)25-20(22(28)29)13-12-19-10-7-6-8-11-19/h6-8,10-11,18,20,25H,3-5,9,12-17H2,1-2H3,(H,28,29)(H,30,31)/t18-,20?,24?/m0/s1. The molecule has 2 rings (SSSR count). The lowest BCUT2D eigenvalue weighted by molar-refractivity contribution is -0.159. The second-order valence-corrected chi connectivity index (χ2v) is 9.60. The van der Waals surface area contributed by atoms with E-state index in [9.17, 15) is 24.6 Å². The van der Waals surface area contributed by atoms with E-state index >= 15 is 0 Å². The lowest BCUT2D eigenvalue weighted by atomic mass is 9.90. The molecule has 8 heteroatoms. The van der Waals surface area contributed by atoms with Crippen molar-refractivity contribution in [1.82, 2.24) is 10.2 Å². The van der Waals surface area contributed by atoms with Crippen LogP contribution in [0.4, 0.5) is 0 Å². The number of rotatable bonds is 13. The molecule has 178 valence electrons. The fourth-order valence-electron chi connectivity index (χ4n) is 4.19. The van der Waals surface area contributed by atoms with Crippen LogP contribution in [0.3, 0.4) is 0 Å². The Kier molecular flexibility index (Phi) is 10.5. The van der Waals surface area contributed by atoms with Gasteiger partial charge < -0.3 is 15.1 Å². The predicted octanol–water partition coefficient (Wildman–Crippen LogP) is 3.42. The largest absolute Gasteiger partial charge is 0.480 e. The number of hydrogen-bond donors (Lipinski definition) is 3. The van der Waals surface area contributed by atoms with Crippen molar-refractivity contribution in [2.45, 2.75) is 76.4 Å². The van der Waals surface area contributed by atoms with Gasteiger partial charge in [-0.15, -0.1) is 0 Å². The van der Waals surface area contributed by atoms with Crippen molar-refractivity contribution in [2.24, 2.45) is 0 Å². The Labute approximate surface area is 195 Å². The second-order valence-electron chi connectivity index (χ2n) is 8.49. The van der Waals surface area contributed by atoms with E-state index in [4.69, 9.17) is 0 Å². The molecular weight excluding hydrogens is 428 g/mol. The fraction of sp³-hybridized carbons (Fsp3) is 0.625. The molecular formula is C24H36N2O5S. The van der Waals surface area contributed by atoms with Crippen LogP contribution in [0.25, 0.3) is 0 Å². The number of carboxylic acids is 2. The zero-order chi connectivity index (χ0) is 23.6. The number of amides is 1. The van der Waals surface area contributed by atoms with E-state index in [-0.39, 0.29) is 5.91 Å². The van der Waals surface area contributed by atoms with Crippen molar-refractivity contribution in [1.29, 1.82) is 0 Å². The number of aryl methyl sites for hydroxylation is 1. The van der Waals surface area contributed by atoms with Crippen LogP contribution in [0, 0.1) is 0 Å². The Morgan fingerprint density at radius 3 is 2.50 bits per heavy atom. The van der Waals surface area contributed by atoms with E-state index < -0.39 is 29.6 Å². The molecule has 0 bridgehead atoms. The van der Waals surface area contributed by atoms with Crippen molar-refractivity contribution < 1.29 is 24.6 Å². The smallest absolute Gasteiger partial charge is 0.330 e. The third-order valence-electron chi connectivity index (χ3n) is 6.11. The van der Waals surface area contributed by atoms with Crippen LogP contribution in [0.5, 0.6) is 0 Å². The van der Waals surface area contributed by atoms with Gasteiger partial charge in [-0.1, -0.05) is 62.9 Å². The number of aliphatic carboxylic acids is 2. The molecule has 0 spiro atoms. The van der Waals surface area contributed by atoms with Gasteiger partial charge in [0, 0.05) is 18.1 Å². The summed E-state index contributed by atoms with van der Waals surface area (Å²) in [5.41, 5.74) is -0.198. The summed E-state index contributed by atoms with van der Waals surface area (Å²) in [6, 6.07) is 7.93. The fourth-order valence-corrected chi connectivity index (χ4v) is 5.40. The van der Waals surface area contributed by atoms with E-state index in [2.05, 4.69) is 12.2 Å². The molecule has 3 N–H and O–H groups in total. The molecule has 0 radical (unpaired) electrons. The summed E-state index contributed by atoms with van der Waals surface area (Å²) in [5.74, 6) is -1.28. The van der Waals surface area contributed by atoms with Gasteiger partial charge in [-0.3, -0.25) is 14.9 Å².